The lowest BCUT2D eigenvalue weighted by molar-refractivity contribution is 0.0529. The molecule has 0 spiro atoms. The molecule has 0 saturated carbocycles. The van der Waals surface area contributed by atoms with Crippen molar-refractivity contribution in [1.82, 2.24) is 15.1 Å². The summed E-state index contributed by atoms with van der Waals surface area (Å²) in [5.74, 6) is 0. The molecule has 2 aliphatic rings. The molecule has 29 heavy (non-hydrogen) atoms. The summed E-state index contributed by atoms with van der Waals surface area (Å²) in [7, 11) is -3.63. The molecule has 0 aliphatic carbocycles. The number of amides is 2. The molecular weight excluding hydrogens is 530 g/mol. The van der Waals surface area contributed by atoms with Gasteiger partial charge in [-0.25, -0.2) is 18.4 Å². The van der Waals surface area contributed by atoms with E-state index in [-0.39, 0.29) is 17.0 Å². The number of hydrogen-bond acceptors (Lipinski definition) is 6. The van der Waals surface area contributed by atoms with Crippen LogP contribution in [-0.2, 0) is 14.8 Å². The summed E-state index contributed by atoms with van der Waals surface area (Å²) in [6.07, 6.45) is 4.18. The number of carbonyl (C=O) groups is 1. The number of hydrogen-bond donors (Lipinski definition) is 2. The fourth-order valence-electron chi connectivity index (χ4n) is 2.96. The van der Waals surface area contributed by atoms with Gasteiger partial charge in [0.25, 0.3) is 0 Å². The van der Waals surface area contributed by atoms with Crippen LogP contribution in [0, 0.1) is 11.5 Å². The highest BCUT2D eigenvalue weighted by Gasteiger charge is 2.25. The number of likely N-dealkylation sites (tertiary alicyclic amines) is 1. The van der Waals surface area contributed by atoms with Gasteiger partial charge in [0.1, 0.15) is 0 Å². The molecule has 3 rings (SSSR count). The fourth-order valence-corrected chi connectivity index (χ4v) is 5.03. The van der Waals surface area contributed by atoms with E-state index in [4.69, 9.17) is 15.1 Å². The smallest absolute Gasteiger partial charge is 0.317 e. The lowest BCUT2D eigenvalue weighted by atomic mass is 10.2. The summed E-state index contributed by atoms with van der Waals surface area (Å²) in [5, 5.41) is 16.7. The second-order valence-electron chi connectivity index (χ2n) is 6.49. The predicted octanol–water partition coefficient (Wildman–Crippen LogP) is 1.83. The molecule has 0 bridgehead atoms. The van der Waals surface area contributed by atoms with Gasteiger partial charge in [-0.05, 0) is 47.0 Å². The van der Waals surface area contributed by atoms with E-state index < -0.39 is 10.0 Å². The van der Waals surface area contributed by atoms with Crippen molar-refractivity contribution in [2.45, 2.75) is 23.8 Å². The molecule has 2 amide bonds. The first-order chi connectivity index (χ1) is 13.7. The van der Waals surface area contributed by atoms with E-state index in [0.29, 0.717) is 41.8 Å². The highest BCUT2D eigenvalue weighted by Crippen LogP contribution is 2.24. The van der Waals surface area contributed by atoms with Gasteiger partial charge in [0.05, 0.1) is 24.2 Å². The zero-order valence-electron chi connectivity index (χ0n) is 15.7. The minimum Gasteiger partial charge on any atom is -0.378 e. The van der Waals surface area contributed by atoms with Crippen LogP contribution in [0.15, 0.2) is 32.0 Å². The van der Waals surface area contributed by atoms with Crippen LogP contribution in [0.3, 0.4) is 0 Å². The Balaban J connectivity index is 0.000000221. The predicted molar refractivity (Wildman–Crippen MR) is 114 cm³/mol. The molecule has 0 radical (unpaired) electrons. The summed E-state index contributed by atoms with van der Waals surface area (Å²) in [5.41, 5.74) is 0. The highest BCUT2D eigenvalue weighted by molar-refractivity contribution is 9.11. The summed E-state index contributed by atoms with van der Waals surface area (Å²) in [6, 6.07) is 4.91. The number of nitrogens with one attached hydrogen (secondary N) is 1. The summed E-state index contributed by atoms with van der Waals surface area (Å²) < 4.78 is 28.2. The fraction of sp³-hybridized carbons (Fsp3) is 0.529. The first-order valence-electron chi connectivity index (χ1n) is 8.97. The van der Waals surface area contributed by atoms with Crippen LogP contribution in [0.2, 0.25) is 0 Å². The van der Waals surface area contributed by atoms with Gasteiger partial charge >= 0.3 is 6.03 Å². The highest BCUT2D eigenvalue weighted by atomic mass is 79.9. The van der Waals surface area contributed by atoms with Gasteiger partial charge in [0, 0.05) is 35.1 Å². The van der Waals surface area contributed by atoms with E-state index in [1.807, 2.05) is 0 Å². The maximum absolute atomic E-state index is 11.8. The summed E-state index contributed by atoms with van der Waals surface area (Å²) >= 11 is 6.23. The number of ether oxygens (including phenoxy) is 1. The van der Waals surface area contributed by atoms with Gasteiger partial charge in [-0.3, -0.25) is 0 Å². The number of nitriles is 1. The van der Waals surface area contributed by atoms with Crippen molar-refractivity contribution < 1.29 is 17.9 Å². The summed E-state index contributed by atoms with van der Waals surface area (Å²) in [6.45, 7) is 3.90. The van der Waals surface area contributed by atoms with E-state index >= 15 is 0 Å². The molecule has 2 aliphatic heterocycles. The number of benzene rings is 1. The number of primary sulfonamides is 1. The molecule has 2 saturated heterocycles. The Morgan fingerprint density at radius 3 is 2.59 bits per heavy atom. The quantitative estimate of drug-likeness (QED) is 0.550. The van der Waals surface area contributed by atoms with Crippen molar-refractivity contribution >= 4 is 47.9 Å². The monoisotopic (exact) mass is 551 g/mol. The maximum Gasteiger partial charge on any atom is 0.317 e. The van der Waals surface area contributed by atoms with Gasteiger partial charge in [0.15, 0.2) is 6.19 Å². The molecule has 2 fully saturated rings. The van der Waals surface area contributed by atoms with Gasteiger partial charge in [-0.15, -0.1) is 0 Å². The van der Waals surface area contributed by atoms with Crippen LogP contribution in [-0.4, -0.2) is 69.7 Å². The Labute approximate surface area is 187 Å². The molecule has 160 valence electrons. The van der Waals surface area contributed by atoms with E-state index in [2.05, 4.69) is 43.4 Å². The molecule has 0 unspecified atom stereocenters. The van der Waals surface area contributed by atoms with Crippen molar-refractivity contribution in [3.63, 3.8) is 0 Å². The van der Waals surface area contributed by atoms with Crippen molar-refractivity contribution in [3.8, 4) is 6.19 Å². The summed E-state index contributed by atoms with van der Waals surface area (Å²) in [4.78, 5) is 15.4. The Bertz CT molecular complexity index is 856. The van der Waals surface area contributed by atoms with Crippen molar-refractivity contribution in [2.24, 2.45) is 5.14 Å². The zero-order valence-corrected chi connectivity index (χ0v) is 19.7. The third-order valence-electron chi connectivity index (χ3n) is 4.49. The molecule has 12 heteroatoms. The van der Waals surface area contributed by atoms with Crippen LogP contribution in [0.5, 0.6) is 0 Å². The zero-order chi connectivity index (χ0) is 21.4. The molecule has 0 aromatic heterocycles. The average molecular weight is 553 g/mol. The standard InChI is InChI=1S/C11H18N4O2.C6H5Br2NO2S/c12-9-15-3-1-2-10(15)8-13-11(16)14-4-6-17-7-5-14;7-4-1-2-5(8)6(3-4)12(9,10)11/h10H,1-8H2,(H,13,16);1-3H,(H2,9,10,11)/t10-;/m1./s1. The Hall–Kier alpha value is -1.39. The van der Waals surface area contributed by atoms with E-state index in [9.17, 15) is 13.2 Å². The molecule has 1 aromatic carbocycles. The number of rotatable bonds is 3. The van der Waals surface area contributed by atoms with E-state index in [0.717, 1.165) is 19.4 Å². The number of urea groups is 1. The SMILES string of the molecule is N#CN1CCC[C@@H]1CNC(=O)N1CCOCC1.NS(=O)(=O)c1cc(Br)ccc1Br. The van der Waals surface area contributed by atoms with Crippen LogP contribution >= 0.6 is 31.9 Å². The average Bonchev–Trinajstić information content (AvgIpc) is 3.16. The third-order valence-corrected chi connectivity index (χ3v) is 6.89. The van der Waals surface area contributed by atoms with Gasteiger partial charge in [-0.1, -0.05) is 15.9 Å². The van der Waals surface area contributed by atoms with Crippen molar-refractivity contribution in [1.29, 1.82) is 5.26 Å². The lowest BCUT2D eigenvalue weighted by Gasteiger charge is -2.28. The topological polar surface area (TPSA) is 129 Å². The number of halogens is 2. The van der Waals surface area contributed by atoms with Gasteiger partial charge < -0.3 is 19.9 Å². The lowest BCUT2D eigenvalue weighted by Crippen LogP contribution is -2.48. The van der Waals surface area contributed by atoms with Crippen molar-refractivity contribution in [3.05, 3.63) is 27.1 Å². The number of nitrogens with two attached hydrogens (primary N) is 1. The molecule has 1 aromatic rings. The van der Waals surface area contributed by atoms with E-state index in [1.165, 1.54) is 6.07 Å². The number of morpholine rings is 1. The molecule has 3 N–H and O–H groups in total. The normalized spacial score (nSPS) is 19.2. The first-order valence-corrected chi connectivity index (χ1v) is 12.1. The number of nitrogens with zero attached hydrogens (tertiary/aromatic N) is 3. The largest absolute Gasteiger partial charge is 0.378 e. The number of carbonyl (C=O) groups excluding carboxylic acids is 1. The minimum atomic E-state index is -3.63. The Kier molecular flexibility index (Phi) is 9.16. The molecule has 1 atom stereocenters. The Morgan fingerprint density at radius 2 is 2.00 bits per heavy atom. The molecule has 2 heterocycles. The van der Waals surface area contributed by atoms with Gasteiger partial charge in [0.2, 0.25) is 10.0 Å². The van der Waals surface area contributed by atoms with Crippen LogP contribution < -0.4 is 10.5 Å². The number of sulfonamides is 1. The maximum atomic E-state index is 11.8. The van der Waals surface area contributed by atoms with Crippen LogP contribution in [0.25, 0.3) is 0 Å². The van der Waals surface area contributed by atoms with E-state index in [1.54, 1.807) is 21.9 Å². The Morgan fingerprint density at radius 1 is 1.31 bits per heavy atom. The van der Waals surface area contributed by atoms with Gasteiger partial charge in [-0.2, -0.15) is 5.26 Å². The second kappa shape index (κ2) is 11.1. The van der Waals surface area contributed by atoms with Crippen molar-refractivity contribution in [2.75, 3.05) is 39.4 Å². The molecule has 9 nitrogen and oxygen atoms in total. The van der Waals surface area contributed by atoms with Crippen LogP contribution in [0.1, 0.15) is 12.8 Å². The minimum absolute atomic E-state index is 0.0434. The first kappa shape index (κ1) is 23.9. The molecular formula is C17H23Br2N5O4S. The second-order valence-corrected chi connectivity index (χ2v) is 9.79. The third kappa shape index (κ3) is 7.42. The van der Waals surface area contributed by atoms with Crippen LogP contribution in [0.4, 0.5) is 4.79 Å².